The first kappa shape index (κ1) is 59.2. The Labute approximate surface area is 399 Å². The summed E-state index contributed by atoms with van der Waals surface area (Å²) in [6, 6.07) is -6.18. The van der Waals surface area contributed by atoms with Crippen LogP contribution in [0.2, 0.25) is 0 Å². The fourth-order valence-corrected chi connectivity index (χ4v) is 8.37. The Hall–Kier alpha value is -3.89. The number of rotatable bonds is 32. The minimum Gasteiger partial charge on any atom is -0.404 e. The molecule has 12 N–H and O–H groups in total. The summed E-state index contributed by atoms with van der Waals surface area (Å²) in [7, 11) is 0.326. The van der Waals surface area contributed by atoms with Gasteiger partial charge in [-0.05, 0) is 70.1 Å². The van der Waals surface area contributed by atoms with Crippen molar-refractivity contribution in [2.45, 2.75) is 213 Å². The van der Waals surface area contributed by atoms with E-state index in [2.05, 4.69) is 52.7 Å². The van der Waals surface area contributed by atoms with Gasteiger partial charge in [-0.25, -0.2) is 0 Å². The lowest BCUT2D eigenvalue weighted by Gasteiger charge is -2.46. The summed E-state index contributed by atoms with van der Waals surface area (Å²) in [6.45, 7) is 13.5. The van der Waals surface area contributed by atoms with Crippen LogP contribution in [0.1, 0.15) is 158 Å². The summed E-state index contributed by atoms with van der Waals surface area (Å²) in [5.41, 5.74) is 12.4. The highest BCUT2D eigenvalue weighted by atomic mass is 16.7. The molecule has 2 aliphatic rings. The van der Waals surface area contributed by atoms with Crippen LogP contribution in [0.4, 0.5) is 0 Å². The van der Waals surface area contributed by atoms with E-state index in [1.807, 2.05) is 20.8 Å². The first-order valence-corrected chi connectivity index (χ1v) is 24.7. The van der Waals surface area contributed by atoms with E-state index in [9.17, 15) is 43.8 Å². The average Bonchev–Trinajstić information content (AvgIpc) is 3.64. The smallest absolute Gasteiger partial charge is 0.404 e. The third-order valence-electron chi connectivity index (χ3n) is 13.0. The van der Waals surface area contributed by atoms with Crippen LogP contribution in [0.15, 0.2) is 0 Å². The van der Waals surface area contributed by atoms with Crippen LogP contribution in [-0.4, -0.2) is 138 Å². The van der Waals surface area contributed by atoms with Crippen LogP contribution < -0.4 is 43.4 Å². The van der Waals surface area contributed by atoms with Gasteiger partial charge in [0.2, 0.25) is 35.4 Å². The van der Waals surface area contributed by atoms with Gasteiger partial charge in [0, 0.05) is 13.5 Å². The maximum atomic E-state index is 13.5. The molecule has 1 heterocycles. The quantitative estimate of drug-likeness (QED) is 0.0256. The van der Waals surface area contributed by atoms with Crippen molar-refractivity contribution in [1.29, 1.82) is 0 Å². The zero-order chi connectivity index (χ0) is 50.4. The zero-order valence-corrected chi connectivity index (χ0v) is 41.8. The second-order valence-corrected chi connectivity index (χ2v) is 19.8. The van der Waals surface area contributed by atoms with Gasteiger partial charge in [0.05, 0.1) is 31.5 Å². The Morgan fingerprint density at radius 1 is 0.761 bits per heavy atom. The van der Waals surface area contributed by atoms with Crippen molar-refractivity contribution in [3.63, 3.8) is 0 Å². The minimum absolute atomic E-state index is 0.0316. The fourth-order valence-electron chi connectivity index (χ4n) is 8.37. The Morgan fingerprint density at radius 2 is 1.34 bits per heavy atom. The number of hydrogen-bond donors (Lipinski definition) is 10. The number of nitrogens with one attached hydrogen (secondary N) is 6. The second-order valence-electron chi connectivity index (χ2n) is 19.8. The Kier molecular flexibility index (Phi) is 26.4. The Balaban J connectivity index is 1.83. The molecule has 67 heavy (non-hydrogen) atoms. The molecule has 0 aromatic carbocycles. The molecule has 2 fully saturated rings. The molecule has 2 rings (SSSR count). The van der Waals surface area contributed by atoms with Gasteiger partial charge in [-0.2, -0.15) is 0 Å². The second kappa shape index (κ2) is 29.9. The van der Waals surface area contributed by atoms with Crippen molar-refractivity contribution >= 4 is 48.5 Å². The van der Waals surface area contributed by atoms with Crippen LogP contribution in [-0.2, 0) is 42.9 Å². The van der Waals surface area contributed by atoms with Crippen LogP contribution >= 0.6 is 0 Å². The summed E-state index contributed by atoms with van der Waals surface area (Å²) in [4.78, 5) is 92.3. The van der Waals surface area contributed by atoms with Gasteiger partial charge in [0.15, 0.2) is 6.17 Å². The maximum Gasteiger partial charge on any atom is 0.496 e. The number of carbonyl (C=O) groups is 7. The van der Waals surface area contributed by atoms with Crippen molar-refractivity contribution in [3.05, 3.63) is 0 Å². The number of aliphatic hydroxyl groups excluding tert-OH is 2. The Bertz CT molecular complexity index is 1590. The van der Waals surface area contributed by atoms with E-state index in [1.54, 1.807) is 0 Å². The van der Waals surface area contributed by atoms with Crippen molar-refractivity contribution in [1.82, 2.24) is 36.8 Å². The minimum atomic E-state index is -1.68. The number of unbranched alkanes of at least 4 members (excludes halogenated alkanes) is 10. The lowest BCUT2D eigenvalue weighted by molar-refractivity contribution is -0.144. The molecule has 0 radical (unpaired) electrons. The van der Waals surface area contributed by atoms with Crippen molar-refractivity contribution in [3.8, 4) is 0 Å². The van der Waals surface area contributed by atoms with E-state index < -0.39 is 104 Å². The van der Waals surface area contributed by atoms with Gasteiger partial charge in [0.1, 0.15) is 30.2 Å². The predicted octanol–water partition coefficient (Wildman–Crippen LogP) is 0.984. The molecule has 1 saturated heterocycles. The molecule has 10 atom stereocenters. The lowest BCUT2D eigenvalue weighted by Crippen LogP contribution is -2.61. The van der Waals surface area contributed by atoms with Gasteiger partial charge in [0.25, 0.3) is 5.91 Å². The number of hydrogen-bond acceptors (Lipinski definition) is 13. The topological polar surface area (TPSA) is 306 Å². The molecular formula is C46H86BN9O11. The average molecular weight is 952 g/mol. The van der Waals surface area contributed by atoms with Gasteiger partial charge < -0.3 is 67.8 Å². The highest BCUT2D eigenvalue weighted by Crippen LogP contribution is 2.49. The summed E-state index contributed by atoms with van der Waals surface area (Å²) in [6.07, 6.45) is 12.3. The van der Waals surface area contributed by atoms with Gasteiger partial charge in [-0.3, -0.25) is 33.6 Å². The number of aliphatic hydroxyl groups is 2. The van der Waals surface area contributed by atoms with E-state index >= 15 is 0 Å². The number of nitrogens with zero attached hydrogens (tertiary/aromatic N) is 1. The number of nitrogens with two attached hydrogens (primary N) is 2. The Morgan fingerprint density at radius 3 is 1.87 bits per heavy atom. The predicted molar refractivity (Wildman–Crippen MR) is 255 cm³/mol. The first-order valence-electron chi connectivity index (χ1n) is 24.7. The number of likely N-dealkylation sites (N-methyl/N-ethyl adjacent to an activating group) is 1. The van der Waals surface area contributed by atoms with Gasteiger partial charge in [-0.1, -0.05) is 98.8 Å². The van der Waals surface area contributed by atoms with E-state index in [0.717, 1.165) is 43.4 Å². The van der Waals surface area contributed by atoms with E-state index in [4.69, 9.17) is 20.8 Å². The molecule has 1 saturated carbocycles. The van der Waals surface area contributed by atoms with Crippen LogP contribution in [0, 0.1) is 17.3 Å². The van der Waals surface area contributed by atoms with Crippen molar-refractivity contribution in [2.75, 3.05) is 20.2 Å². The summed E-state index contributed by atoms with van der Waals surface area (Å²) in [5.74, 6) is -4.89. The van der Waals surface area contributed by atoms with Crippen molar-refractivity contribution < 1.29 is 53.1 Å². The maximum absolute atomic E-state index is 13.5. The van der Waals surface area contributed by atoms with Crippen LogP contribution in [0.3, 0.4) is 0 Å². The molecule has 0 aromatic rings. The fraction of sp³-hybridized carbons (Fsp3) is 0.848. The lowest BCUT2D eigenvalue weighted by atomic mass is 9.60. The summed E-state index contributed by atoms with van der Waals surface area (Å²) >= 11 is 0. The van der Waals surface area contributed by atoms with E-state index in [-0.39, 0.29) is 36.4 Å². The van der Waals surface area contributed by atoms with Gasteiger partial charge in [-0.15, -0.1) is 0 Å². The SMILES string of the molecule is CCCCCCCCCCCCCC(=O)NC(CO)C(=O)NC(N)C(=O)NCC(=O)N(C)C(C(=O)NC(C)C(=O)NC(CC(C)C)C(=O)NC(N)B1OC(C)C(CC2CCC2(C)C)O1)C(C)O. The largest absolute Gasteiger partial charge is 0.496 e. The highest BCUT2D eigenvalue weighted by molar-refractivity contribution is 6.47. The molecular weight excluding hydrogens is 865 g/mol. The van der Waals surface area contributed by atoms with Gasteiger partial charge >= 0.3 is 7.12 Å². The third-order valence-corrected chi connectivity index (χ3v) is 13.0. The molecule has 7 amide bonds. The molecule has 10 unspecified atom stereocenters. The molecule has 0 spiro atoms. The number of carbonyl (C=O) groups excluding carboxylic acids is 7. The monoisotopic (exact) mass is 952 g/mol. The molecule has 20 nitrogen and oxygen atoms in total. The van der Waals surface area contributed by atoms with E-state index in [0.29, 0.717) is 12.3 Å². The molecule has 1 aliphatic carbocycles. The zero-order valence-electron chi connectivity index (χ0n) is 41.8. The third kappa shape index (κ3) is 20.7. The van der Waals surface area contributed by atoms with Crippen molar-refractivity contribution in [2.24, 2.45) is 28.7 Å². The number of amides is 7. The first-order chi connectivity index (χ1) is 31.5. The molecule has 21 heteroatoms. The van der Waals surface area contributed by atoms with Crippen LogP contribution in [0.5, 0.6) is 0 Å². The molecule has 1 aliphatic heterocycles. The summed E-state index contributed by atoms with van der Waals surface area (Å²) < 4.78 is 12.1. The summed E-state index contributed by atoms with van der Waals surface area (Å²) in [5, 5.41) is 35.1. The van der Waals surface area contributed by atoms with E-state index in [1.165, 1.54) is 65.8 Å². The molecule has 384 valence electrons. The molecule has 0 bridgehead atoms. The normalized spacial score (nSPS) is 20.8. The standard InChI is InChI=1S/C46H86BN9O11/c1-10-11-12-13-14-15-16-17-18-19-20-21-36(59)52-34(27-57)42(63)54-39(48)44(65)50-26-37(60)56(9)38(30(5)58)43(64)51-29(4)40(61)53-33(24-28(2)3)41(62)55-45(49)47-66-31(6)35(67-47)25-32-22-23-46(32,7)8/h28-35,38-39,45,57-58H,10-27,48-49H2,1-9H3,(H,50,65)(H,51,64)(H,52,59)(H,53,61)(H,54,63)(H,55,62). The van der Waals surface area contributed by atoms with Crippen LogP contribution in [0.25, 0.3) is 0 Å². The molecule has 0 aromatic heterocycles. The highest BCUT2D eigenvalue weighted by Gasteiger charge is 2.47.